The fourth-order valence-corrected chi connectivity index (χ4v) is 2.94. The molecule has 92 valence electrons. The van der Waals surface area contributed by atoms with Gasteiger partial charge in [0.2, 0.25) is 9.84 Å². The number of rotatable bonds is 3. The van der Waals surface area contributed by atoms with Crippen molar-refractivity contribution in [2.75, 3.05) is 5.32 Å². The van der Waals surface area contributed by atoms with E-state index in [1.165, 1.54) is 5.41 Å². The maximum Gasteiger partial charge on any atom is 0.200 e. The molecule has 1 aromatic carbocycles. The predicted octanol–water partition coefficient (Wildman–Crippen LogP) is 3.05. The average molecular weight is 251 g/mol. The molecule has 1 aliphatic rings. The minimum atomic E-state index is -3.21. The zero-order valence-electron chi connectivity index (χ0n) is 10.3. The minimum Gasteiger partial charge on any atom is -0.380 e. The third-order valence-corrected chi connectivity index (χ3v) is 4.57. The standard InChI is InChI=1S/C13H17NO2S/c1-4-13(2,3)14-11-6-5-10-7-8-17(15,16)12(10)9-11/h5-9,14H,4H2,1-3H3. The van der Waals surface area contributed by atoms with Gasteiger partial charge in [-0.05, 0) is 44.0 Å². The van der Waals surface area contributed by atoms with Crippen LogP contribution in [0.4, 0.5) is 5.69 Å². The molecular formula is C13H17NO2S. The lowest BCUT2D eigenvalue weighted by atomic mass is 10.0. The second-order valence-corrected chi connectivity index (χ2v) is 6.76. The Morgan fingerprint density at radius 2 is 2.00 bits per heavy atom. The third kappa shape index (κ3) is 2.36. The van der Waals surface area contributed by atoms with Gasteiger partial charge in [-0.15, -0.1) is 0 Å². The fourth-order valence-electron chi connectivity index (χ4n) is 1.71. The van der Waals surface area contributed by atoms with Gasteiger partial charge >= 0.3 is 0 Å². The lowest BCUT2D eigenvalue weighted by Crippen LogP contribution is -2.29. The Labute approximate surface area is 102 Å². The van der Waals surface area contributed by atoms with Crippen LogP contribution in [0, 0.1) is 0 Å². The van der Waals surface area contributed by atoms with Crippen molar-refractivity contribution in [1.29, 1.82) is 0 Å². The van der Waals surface area contributed by atoms with Crippen LogP contribution in [-0.2, 0) is 9.84 Å². The Hall–Kier alpha value is -1.29. The number of nitrogens with one attached hydrogen (secondary N) is 1. The normalized spacial score (nSPS) is 16.9. The topological polar surface area (TPSA) is 46.2 Å². The largest absolute Gasteiger partial charge is 0.380 e. The Balaban J connectivity index is 2.37. The van der Waals surface area contributed by atoms with Crippen LogP contribution in [-0.4, -0.2) is 14.0 Å². The van der Waals surface area contributed by atoms with E-state index >= 15 is 0 Å². The minimum absolute atomic E-state index is 0.0377. The summed E-state index contributed by atoms with van der Waals surface area (Å²) in [7, 11) is -3.21. The number of hydrogen-bond acceptors (Lipinski definition) is 3. The van der Waals surface area contributed by atoms with E-state index in [0.717, 1.165) is 17.7 Å². The van der Waals surface area contributed by atoms with Crippen LogP contribution in [0.5, 0.6) is 0 Å². The maximum absolute atomic E-state index is 11.7. The van der Waals surface area contributed by atoms with Crippen LogP contribution >= 0.6 is 0 Å². The van der Waals surface area contributed by atoms with Gasteiger partial charge in [-0.3, -0.25) is 0 Å². The molecule has 17 heavy (non-hydrogen) atoms. The summed E-state index contributed by atoms with van der Waals surface area (Å²) < 4.78 is 23.5. The molecule has 0 bridgehead atoms. The second kappa shape index (κ2) is 3.88. The Morgan fingerprint density at radius 3 is 2.65 bits per heavy atom. The van der Waals surface area contributed by atoms with Crippen LogP contribution in [0.1, 0.15) is 32.8 Å². The van der Waals surface area contributed by atoms with Crippen molar-refractivity contribution in [3.05, 3.63) is 29.2 Å². The van der Waals surface area contributed by atoms with E-state index in [0.29, 0.717) is 4.90 Å². The van der Waals surface area contributed by atoms with E-state index in [1.54, 1.807) is 12.1 Å². The van der Waals surface area contributed by atoms with Crippen LogP contribution in [0.15, 0.2) is 28.5 Å². The summed E-state index contributed by atoms with van der Waals surface area (Å²) >= 11 is 0. The molecule has 0 aliphatic carbocycles. The van der Waals surface area contributed by atoms with Crippen molar-refractivity contribution in [3.63, 3.8) is 0 Å². The van der Waals surface area contributed by atoms with E-state index in [4.69, 9.17) is 0 Å². The molecule has 0 amide bonds. The molecule has 0 atom stereocenters. The van der Waals surface area contributed by atoms with Crippen molar-refractivity contribution < 1.29 is 8.42 Å². The zero-order chi connectivity index (χ0) is 12.7. The number of anilines is 1. The summed E-state index contributed by atoms with van der Waals surface area (Å²) in [6.45, 7) is 6.28. The Bertz CT molecular complexity index is 571. The smallest absolute Gasteiger partial charge is 0.200 e. The molecule has 3 nitrogen and oxygen atoms in total. The quantitative estimate of drug-likeness (QED) is 0.898. The molecular weight excluding hydrogens is 234 g/mol. The van der Waals surface area contributed by atoms with Crippen molar-refractivity contribution in [3.8, 4) is 0 Å². The van der Waals surface area contributed by atoms with E-state index in [-0.39, 0.29) is 5.54 Å². The summed E-state index contributed by atoms with van der Waals surface area (Å²) in [5, 5.41) is 4.60. The lowest BCUT2D eigenvalue weighted by Gasteiger charge is -2.26. The average Bonchev–Trinajstić information content (AvgIpc) is 2.55. The molecule has 0 saturated carbocycles. The SMILES string of the molecule is CCC(C)(C)Nc1ccc2c(c1)S(=O)(=O)C=C2. The first kappa shape index (κ1) is 12.2. The van der Waals surface area contributed by atoms with Gasteiger partial charge in [0, 0.05) is 16.6 Å². The van der Waals surface area contributed by atoms with Gasteiger partial charge in [0.15, 0.2) is 0 Å². The first-order valence-corrected chi connectivity index (χ1v) is 7.24. The van der Waals surface area contributed by atoms with Gasteiger partial charge in [-0.25, -0.2) is 8.42 Å². The van der Waals surface area contributed by atoms with E-state index in [2.05, 4.69) is 26.1 Å². The van der Waals surface area contributed by atoms with Gasteiger partial charge in [0.25, 0.3) is 0 Å². The fraction of sp³-hybridized carbons (Fsp3) is 0.385. The van der Waals surface area contributed by atoms with Crippen molar-refractivity contribution in [1.82, 2.24) is 0 Å². The molecule has 2 rings (SSSR count). The summed E-state index contributed by atoms with van der Waals surface area (Å²) in [6.07, 6.45) is 2.61. The van der Waals surface area contributed by atoms with E-state index in [1.807, 2.05) is 12.1 Å². The first-order chi connectivity index (χ1) is 7.84. The molecule has 4 heteroatoms. The molecule has 0 radical (unpaired) electrons. The Kier molecular flexibility index (Phi) is 2.78. The molecule has 1 aliphatic heterocycles. The molecule has 0 spiro atoms. The van der Waals surface area contributed by atoms with Gasteiger partial charge < -0.3 is 5.32 Å². The molecule has 1 N–H and O–H groups in total. The highest BCUT2D eigenvalue weighted by Gasteiger charge is 2.22. The molecule has 0 aromatic heterocycles. The van der Waals surface area contributed by atoms with Crippen LogP contribution < -0.4 is 5.32 Å². The maximum atomic E-state index is 11.7. The zero-order valence-corrected chi connectivity index (χ0v) is 11.1. The molecule has 1 aromatic rings. The highest BCUT2D eigenvalue weighted by Crippen LogP contribution is 2.30. The van der Waals surface area contributed by atoms with Gasteiger partial charge in [0.05, 0.1) is 4.90 Å². The predicted molar refractivity (Wildman–Crippen MR) is 70.7 cm³/mol. The number of benzene rings is 1. The number of sulfone groups is 1. The number of fused-ring (bicyclic) bond motifs is 1. The molecule has 0 fully saturated rings. The van der Waals surface area contributed by atoms with Crippen molar-refractivity contribution >= 4 is 21.6 Å². The highest BCUT2D eigenvalue weighted by molar-refractivity contribution is 7.94. The van der Waals surface area contributed by atoms with Crippen molar-refractivity contribution in [2.45, 2.75) is 37.6 Å². The Morgan fingerprint density at radius 1 is 1.29 bits per heavy atom. The summed E-state index contributed by atoms with van der Waals surface area (Å²) in [4.78, 5) is 0.398. The van der Waals surface area contributed by atoms with Crippen LogP contribution in [0.3, 0.4) is 0 Å². The van der Waals surface area contributed by atoms with Gasteiger partial charge in [-0.2, -0.15) is 0 Å². The van der Waals surface area contributed by atoms with E-state index in [9.17, 15) is 8.42 Å². The highest BCUT2D eigenvalue weighted by atomic mass is 32.2. The number of hydrogen-bond donors (Lipinski definition) is 1. The lowest BCUT2D eigenvalue weighted by molar-refractivity contribution is 0.547. The molecule has 0 saturated heterocycles. The molecule has 0 unspecified atom stereocenters. The monoisotopic (exact) mass is 251 g/mol. The first-order valence-electron chi connectivity index (χ1n) is 5.69. The third-order valence-electron chi connectivity index (χ3n) is 3.11. The van der Waals surface area contributed by atoms with E-state index < -0.39 is 9.84 Å². The van der Waals surface area contributed by atoms with Crippen LogP contribution in [0.2, 0.25) is 0 Å². The van der Waals surface area contributed by atoms with Crippen LogP contribution in [0.25, 0.3) is 6.08 Å². The van der Waals surface area contributed by atoms with Gasteiger partial charge in [-0.1, -0.05) is 13.0 Å². The summed E-state index contributed by atoms with van der Waals surface area (Å²) in [5.74, 6) is 0. The molecule has 1 heterocycles. The summed E-state index contributed by atoms with van der Waals surface area (Å²) in [5.41, 5.74) is 1.58. The second-order valence-electron chi connectivity index (χ2n) is 4.96. The van der Waals surface area contributed by atoms with Crippen molar-refractivity contribution in [2.24, 2.45) is 0 Å². The van der Waals surface area contributed by atoms with Gasteiger partial charge in [0.1, 0.15) is 0 Å². The summed E-state index contributed by atoms with van der Waals surface area (Å²) in [6, 6.07) is 5.47.